The first-order chi connectivity index (χ1) is 6.62. The lowest BCUT2D eigenvalue weighted by Gasteiger charge is -2.04. The van der Waals surface area contributed by atoms with E-state index < -0.39 is 6.29 Å². The van der Waals surface area contributed by atoms with Gasteiger partial charge in [0.2, 0.25) is 0 Å². The highest BCUT2D eigenvalue weighted by molar-refractivity contribution is 5.62. The minimum atomic E-state index is -3.58. The van der Waals surface area contributed by atoms with Gasteiger partial charge in [-0.1, -0.05) is 18.7 Å². The monoisotopic (exact) mass is 196 g/mol. The zero-order chi connectivity index (χ0) is 10.2. The molecule has 1 heterocycles. The highest BCUT2D eigenvalue weighted by atomic mass is 19.3. The molecule has 0 saturated heterocycles. The Morgan fingerprint density at radius 3 is 2.86 bits per heavy atom. The average molecular weight is 196 g/mol. The maximum absolute atomic E-state index is 12.7. The smallest absolute Gasteiger partial charge is 0.395 e. The van der Waals surface area contributed by atoms with Gasteiger partial charge < -0.3 is 9.47 Å². The van der Waals surface area contributed by atoms with Crippen LogP contribution < -0.4 is 9.47 Å². The Morgan fingerprint density at radius 2 is 2.14 bits per heavy atom. The van der Waals surface area contributed by atoms with E-state index in [0.717, 1.165) is 0 Å². The minimum Gasteiger partial charge on any atom is -0.395 e. The lowest BCUT2D eigenvalue weighted by Crippen LogP contribution is -2.26. The highest BCUT2D eigenvalue weighted by Crippen LogP contribution is 2.43. The minimum absolute atomic E-state index is 0.0219. The molecule has 14 heavy (non-hydrogen) atoms. The van der Waals surface area contributed by atoms with Crippen molar-refractivity contribution in [2.45, 2.75) is 6.29 Å². The second-order valence-electron chi connectivity index (χ2n) is 2.69. The van der Waals surface area contributed by atoms with Crippen molar-refractivity contribution in [2.24, 2.45) is 0 Å². The topological polar surface area (TPSA) is 18.5 Å². The van der Waals surface area contributed by atoms with Crippen LogP contribution >= 0.6 is 0 Å². The Bertz CT molecular complexity index is 420. The zero-order valence-corrected chi connectivity index (χ0v) is 7.09. The van der Waals surface area contributed by atoms with Gasteiger partial charge in [-0.15, -0.1) is 14.5 Å². The lowest BCUT2D eigenvalue weighted by atomic mass is 10.2. The summed E-state index contributed by atoms with van der Waals surface area (Å²) in [6.07, 6.45) is -2.13. The van der Waals surface area contributed by atoms with E-state index in [9.17, 15) is 8.78 Å². The van der Waals surface area contributed by atoms with Gasteiger partial charge in [0.15, 0.2) is 11.5 Å². The van der Waals surface area contributed by atoms with Crippen LogP contribution in [0.3, 0.4) is 0 Å². The van der Waals surface area contributed by atoms with E-state index in [1.165, 1.54) is 12.1 Å². The number of alkyl halides is 2. The molecule has 4 heteroatoms. The Kier molecular flexibility index (Phi) is 1.79. The van der Waals surface area contributed by atoms with Gasteiger partial charge in [-0.05, 0) is 12.1 Å². The predicted octanol–water partition coefficient (Wildman–Crippen LogP) is 2.81. The fourth-order valence-corrected chi connectivity index (χ4v) is 1.21. The summed E-state index contributed by atoms with van der Waals surface area (Å²) in [5.41, 5.74) is 2.95. The number of fused-ring (bicyclic) bond motifs is 1. The summed E-state index contributed by atoms with van der Waals surface area (Å²) in [6, 6.07) is 4.62. The van der Waals surface area contributed by atoms with Gasteiger partial charge in [-0.3, -0.25) is 0 Å². The van der Waals surface area contributed by atoms with E-state index in [4.69, 9.17) is 0 Å². The van der Waals surface area contributed by atoms with Crippen molar-refractivity contribution >= 4 is 6.08 Å². The number of benzene rings is 1. The molecule has 1 aromatic rings. The molecule has 0 N–H and O–H groups in total. The maximum Gasteiger partial charge on any atom is 0.586 e. The van der Waals surface area contributed by atoms with Crippen molar-refractivity contribution in [1.29, 1.82) is 0 Å². The molecule has 1 aliphatic rings. The summed E-state index contributed by atoms with van der Waals surface area (Å²) in [5.74, 6) is 0.0488. The first-order valence-corrected chi connectivity index (χ1v) is 3.87. The Hall–Kier alpha value is -1.80. The molecule has 1 aromatic carbocycles. The van der Waals surface area contributed by atoms with Crippen LogP contribution in [0.1, 0.15) is 5.56 Å². The molecule has 0 saturated carbocycles. The molecule has 72 valence electrons. The standard InChI is InChI=1S/C10H6F2O2/c1-2-4-7-5-3-6-8-9(7)14-10(11,12)13-8/h3-6H,1H2. The van der Waals surface area contributed by atoms with Gasteiger partial charge in [0, 0.05) is 5.56 Å². The van der Waals surface area contributed by atoms with Crippen LogP contribution in [-0.4, -0.2) is 6.29 Å². The van der Waals surface area contributed by atoms with Crippen LogP contribution in [-0.2, 0) is 0 Å². The largest absolute Gasteiger partial charge is 0.586 e. The molecule has 0 radical (unpaired) electrons. The van der Waals surface area contributed by atoms with Gasteiger partial charge in [-0.25, -0.2) is 0 Å². The Morgan fingerprint density at radius 1 is 1.36 bits per heavy atom. The quantitative estimate of drug-likeness (QED) is 0.643. The van der Waals surface area contributed by atoms with E-state index in [1.54, 1.807) is 12.1 Å². The molecule has 0 bridgehead atoms. The molecule has 0 aromatic heterocycles. The molecule has 0 unspecified atom stereocenters. The average Bonchev–Trinajstić information content (AvgIpc) is 2.41. The van der Waals surface area contributed by atoms with Crippen LogP contribution in [0.15, 0.2) is 30.5 Å². The summed E-state index contributed by atoms with van der Waals surface area (Å²) in [4.78, 5) is 0. The van der Waals surface area contributed by atoms with Gasteiger partial charge in [0.25, 0.3) is 0 Å². The van der Waals surface area contributed by atoms with E-state index in [-0.39, 0.29) is 11.5 Å². The third kappa shape index (κ3) is 1.36. The molecule has 2 rings (SSSR count). The maximum atomic E-state index is 12.7. The molecule has 0 amide bonds. The highest BCUT2D eigenvalue weighted by Gasteiger charge is 2.44. The molecule has 1 aliphatic heterocycles. The van der Waals surface area contributed by atoms with E-state index in [2.05, 4.69) is 21.8 Å². The molecule has 0 fully saturated rings. The lowest BCUT2D eigenvalue weighted by molar-refractivity contribution is -0.286. The van der Waals surface area contributed by atoms with Crippen molar-refractivity contribution in [3.05, 3.63) is 36.1 Å². The molecule has 2 nitrogen and oxygen atoms in total. The number of hydrogen-bond donors (Lipinski definition) is 0. The van der Waals surface area contributed by atoms with Crippen LogP contribution in [0.5, 0.6) is 11.5 Å². The Balaban J connectivity index is 2.51. The first-order valence-electron chi connectivity index (χ1n) is 3.87. The summed E-state index contributed by atoms with van der Waals surface area (Å²) in [7, 11) is 0. The van der Waals surface area contributed by atoms with Crippen molar-refractivity contribution in [3.63, 3.8) is 0 Å². The Labute approximate surface area is 79.1 Å². The summed E-state index contributed by atoms with van der Waals surface area (Å²) < 4.78 is 33.9. The summed E-state index contributed by atoms with van der Waals surface area (Å²) in [5, 5.41) is 0. The summed E-state index contributed by atoms with van der Waals surface area (Å²) >= 11 is 0. The fraction of sp³-hybridized carbons (Fsp3) is 0.100. The number of rotatable bonds is 1. The SMILES string of the molecule is C=C=Cc1cccc2c1OC(F)(F)O2. The van der Waals surface area contributed by atoms with Gasteiger partial charge >= 0.3 is 6.29 Å². The summed E-state index contributed by atoms with van der Waals surface area (Å²) in [6.45, 7) is 3.35. The number of hydrogen-bond acceptors (Lipinski definition) is 2. The fourth-order valence-electron chi connectivity index (χ4n) is 1.21. The second-order valence-corrected chi connectivity index (χ2v) is 2.69. The second kappa shape index (κ2) is 2.86. The van der Waals surface area contributed by atoms with Gasteiger partial charge in [0.05, 0.1) is 0 Å². The zero-order valence-electron chi connectivity index (χ0n) is 7.09. The molecule has 0 aliphatic carbocycles. The molecule has 0 atom stereocenters. The van der Waals surface area contributed by atoms with E-state index in [1.807, 2.05) is 0 Å². The van der Waals surface area contributed by atoms with Crippen LogP contribution in [0.25, 0.3) is 6.08 Å². The van der Waals surface area contributed by atoms with Crippen molar-refractivity contribution in [3.8, 4) is 11.5 Å². The van der Waals surface area contributed by atoms with Crippen LogP contribution in [0.4, 0.5) is 8.78 Å². The van der Waals surface area contributed by atoms with E-state index >= 15 is 0 Å². The number of para-hydroxylation sites is 1. The molecular weight excluding hydrogens is 190 g/mol. The number of ether oxygens (including phenoxy) is 2. The van der Waals surface area contributed by atoms with Crippen molar-refractivity contribution < 1.29 is 18.3 Å². The van der Waals surface area contributed by atoms with E-state index in [0.29, 0.717) is 5.56 Å². The third-order valence-corrected chi connectivity index (χ3v) is 1.72. The predicted molar refractivity (Wildman–Crippen MR) is 46.2 cm³/mol. The van der Waals surface area contributed by atoms with Crippen molar-refractivity contribution in [1.82, 2.24) is 0 Å². The normalized spacial score (nSPS) is 16.1. The van der Waals surface area contributed by atoms with Crippen LogP contribution in [0, 0.1) is 0 Å². The first kappa shape index (κ1) is 8.78. The van der Waals surface area contributed by atoms with Crippen LogP contribution in [0.2, 0.25) is 0 Å². The molecule has 0 spiro atoms. The van der Waals surface area contributed by atoms with Gasteiger partial charge in [-0.2, -0.15) is 0 Å². The van der Waals surface area contributed by atoms with Gasteiger partial charge in [0.1, 0.15) is 0 Å². The number of halogens is 2. The molecular formula is C10H6F2O2. The van der Waals surface area contributed by atoms with Crippen molar-refractivity contribution in [2.75, 3.05) is 0 Å². The third-order valence-electron chi connectivity index (χ3n) is 1.72.